The van der Waals surface area contributed by atoms with Crippen molar-refractivity contribution in [3.63, 3.8) is 0 Å². The van der Waals surface area contributed by atoms with Gasteiger partial charge in [-0.1, -0.05) is 0 Å². The largest absolute Gasteiger partial charge is 1.00 e. The molecule has 3 aromatic rings. The van der Waals surface area contributed by atoms with E-state index < -0.39 is 20.3 Å². The predicted octanol–water partition coefficient (Wildman–Crippen LogP) is -0.726. The van der Waals surface area contributed by atoms with Gasteiger partial charge >= 0.3 is 160 Å². The fraction of sp³-hybridized carbons (Fsp3) is 0.120. The standard InChI is InChI=1S/C18H13.C6H4.CH3.2ClH.Zr/c1-2-7-13(6-1)15-10-5-11-17-16-9-4-3-8-14(16)12-18(15)17;1-2-4-6-5-3-1;;;;/h1-6,8-12H,7H2;1-4H;1H3;2*1H;/q;;;;;+2/p-2. The number of fused-ring (bicyclic) bond motifs is 4. The minimum Gasteiger partial charge on any atom is -1.00 e. The fourth-order valence-corrected chi connectivity index (χ4v) is 18.8. The minimum atomic E-state index is -2.55. The van der Waals surface area contributed by atoms with Gasteiger partial charge in [-0.2, -0.15) is 0 Å². The average Bonchev–Trinajstić information content (AvgIpc) is 3.07. The van der Waals surface area contributed by atoms with Crippen LogP contribution in [0.4, 0.5) is 0 Å². The molecule has 3 aliphatic rings. The normalized spacial score (nSPS) is 17.8. The molecule has 0 saturated heterocycles. The SMILES string of the molecule is [CH3][Zr+2]1([CH]2c3ccccc3-c3cccc(C4=CC=CC4)c32)[c]2cccc[c]21.[Cl-].[Cl-]. The quantitative estimate of drug-likeness (QED) is 0.452. The Labute approximate surface area is 183 Å². The fourth-order valence-electron chi connectivity index (χ4n) is 5.37. The van der Waals surface area contributed by atoms with E-state index in [1.54, 1.807) is 17.7 Å². The van der Waals surface area contributed by atoms with E-state index in [4.69, 9.17) is 0 Å². The maximum atomic E-state index is 2.65. The smallest absolute Gasteiger partial charge is 1.00 e. The van der Waals surface area contributed by atoms with Gasteiger partial charge in [0, 0.05) is 0 Å². The van der Waals surface area contributed by atoms with Gasteiger partial charge in [-0.15, -0.1) is 0 Å². The summed E-state index contributed by atoms with van der Waals surface area (Å²) in [6.45, 7) is 0. The molecule has 138 valence electrons. The summed E-state index contributed by atoms with van der Waals surface area (Å²) in [6, 6.07) is 25.4. The van der Waals surface area contributed by atoms with E-state index in [1.807, 2.05) is 0 Å². The molecule has 0 N–H and O–H groups in total. The second-order valence-electron chi connectivity index (χ2n) is 7.86. The Kier molecular flexibility index (Phi) is 5.07. The predicted molar refractivity (Wildman–Crippen MR) is 107 cm³/mol. The van der Waals surface area contributed by atoms with Crippen molar-refractivity contribution in [2.24, 2.45) is 0 Å². The molecule has 0 saturated carbocycles. The van der Waals surface area contributed by atoms with Crippen LogP contribution in [0.3, 0.4) is 0 Å². The van der Waals surface area contributed by atoms with Crippen molar-refractivity contribution in [2.45, 2.75) is 14.7 Å². The third-order valence-corrected chi connectivity index (χ3v) is 18.0. The van der Waals surface area contributed by atoms with Crippen molar-refractivity contribution in [3.05, 3.63) is 102 Å². The van der Waals surface area contributed by atoms with Crippen molar-refractivity contribution in [1.82, 2.24) is 0 Å². The molecule has 2 aliphatic carbocycles. The Morgan fingerprint density at radius 1 is 0.750 bits per heavy atom. The molecular weight excluding hydrogens is 462 g/mol. The molecule has 0 aromatic heterocycles. The molecule has 28 heavy (non-hydrogen) atoms. The number of benzene rings is 3. The third-order valence-electron chi connectivity index (χ3n) is 6.63. The molecular formula is C25H20Cl2Zr. The van der Waals surface area contributed by atoms with Crippen LogP contribution in [0.5, 0.6) is 0 Å². The first-order valence-electron chi connectivity index (χ1n) is 9.48. The van der Waals surface area contributed by atoms with Gasteiger partial charge in [0.25, 0.3) is 0 Å². The Hall–Kier alpha value is -1.40. The molecule has 6 rings (SSSR count). The van der Waals surface area contributed by atoms with Gasteiger partial charge in [0.2, 0.25) is 0 Å². The first-order valence-corrected chi connectivity index (χ1v) is 15.8. The summed E-state index contributed by atoms with van der Waals surface area (Å²) < 4.78 is 6.71. The molecule has 1 atom stereocenters. The zero-order valence-electron chi connectivity index (χ0n) is 15.6. The summed E-state index contributed by atoms with van der Waals surface area (Å²) in [6.07, 6.45) is 7.87. The van der Waals surface area contributed by atoms with Gasteiger partial charge in [0.1, 0.15) is 0 Å². The van der Waals surface area contributed by atoms with E-state index in [9.17, 15) is 0 Å². The van der Waals surface area contributed by atoms with Gasteiger partial charge in [0.05, 0.1) is 0 Å². The molecule has 3 aromatic carbocycles. The molecule has 0 bridgehead atoms. The van der Waals surface area contributed by atoms with Gasteiger partial charge < -0.3 is 24.8 Å². The Bertz CT molecular complexity index is 1120. The summed E-state index contributed by atoms with van der Waals surface area (Å²) in [5.74, 6) is 0. The second-order valence-corrected chi connectivity index (χ2v) is 17.8. The van der Waals surface area contributed by atoms with Gasteiger partial charge in [0.15, 0.2) is 0 Å². The zero-order valence-corrected chi connectivity index (χ0v) is 19.6. The molecule has 0 radical (unpaired) electrons. The van der Waals surface area contributed by atoms with E-state index in [0.717, 1.165) is 6.42 Å². The zero-order chi connectivity index (χ0) is 17.3. The molecule has 0 amide bonds. The van der Waals surface area contributed by atoms with Crippen molar-refractivity contribution >= 4 is 12.1 Å². The van der Waals surface area contributed by atoms with Crippen LogP contribution in [0.2, 0.25) is 4.63 Å². The molecule has 1 heterocycles. The summed E-state index contributed by atoms with van der Waals surface area (Å²) in [5.41, 5.74) is 9.13. The van der Waals surface area contributed by atoms with E-state index in [0.29, 0.717) is 3.63 Å². The monoisotopic (exact) mass is 480 g/mol. The second kappa shape index (κ2) is 7.14. The first-order chi connectivity index (χ1) is 12.8. The maximum Gasteiger partial charge on any atom is -1.00 e. The van der Waals surface area contributed by atoms with Crippen LogP contribution < -0.4 is 31.4 Å². The first kappa shape index (κ1) is 19.9. The molecule has 3 heteroatoms. The molecule has 1 unspecified atom stereocenters. The van der Waals surface area contributed by atoms with Crippen molar-refractivity contribution in [3.8, 4) is 11.1 Å². The van der Waals surface area contributed by atoms with E-state index in [1.165, 1.54) is 22.3 Å². The van der Waals surface area contributed by atoms with Crippen LogP contribution in [0.15, 0.2) is 85.0 Å². The van der Waals surface area contributed by atoms with Crippen LogP contribution in [0.1, 0.15) is 26.7 Å². The number of hydrogen-bond donors (Lipinski definition) is 0. The van der Waals surface area contributed by atoms with Crippen LogP contribution in [0.25, 0.3) is 16.7 Å². The van der Waals surface area contributed by atoms with Gasteiger partial charge in [-0.3, -0.25) is 0 Å². The van der Waals surface area contributed by atoms with Crippen molar-refractivity contribution in [1.29, 1.82) is 0 Å². The number of halogens is 2. The number of allylic oxidation sites excluding steroid dienone is 4. The summed E-state index contributed by atoms with van der Waals surface area (Å²) in [7, 11) is 0. The summed E-state index contributed by atoms with van der Waals surface area (Å²) in [5, 5.41) is 0. The van der Waals surface area contributed by atoms with Crippen molar-refractivity contribution < 1.29 is 45.1 Å². The van der Waals surface area contributed by atoms with Gasteiger partial charge in [-0.05, 0) is 0 Å². The van der Waals surface area contributed by atoms with Crippen LogP contribution in [-0.4, -0.2) is 0 Å². The number of rotatable bonds is 2. The maximum absolute atomic E-state index is 2.65. The van der Waals surface area contributed by atoms with E-state index in [2.05, 4.69) is 89.6 Å². The van der Waals surface area contributed by atoms with E-state index in [-0.39, 0.29) is 24.8 Å². The molecule has 0 nitrogen and oxygen atoms in total. The third kappa shape index (κ3) is 2.53. The molecule has 0 spiro atoms. The van der Waals surface area contributed by atoms with Gasteiger partial charge in [-0.25, -0.2) is 0 Å². The summed E-state index contributed by atoms with van der Waals surface area (Å²) in [4.78, 5) is 0. The van der Waals surface area contributed by atoms with Crippen LogP contribution >= 0.6 is 0 Å². The van der Waals surface area contributed by atoms with Crippen molar-refractivity contribution in [2.75, 3.05) is 0 Å². The van der Waals surface area contributed by atoms with E-state index >= 15 is 0 Å². The average molecular weight is 483 g/mol. The topological polar surface area (TPSA) is 0 Å². The number of hydrogen-bond acceptors (Lipinski definition) is 0. The molecule has 0 fully saturated rings. The Balaban J connectivity index is 0.000000961. The van der Waals surface area contributed by atoms with Crippen LogP contribution in [0, 0.1) is 0 Å². The van der Waals surface area contributed by atoms with Crippen LogP contribution in [-0.2, 0) is 20.3 Å². The minimum absolute atomic E-state index is 0. The summed E-state index contributed by atoms with van der Waals surface area (Å²) >= 11 is -2.55. The molecule has 1 aliphatic heterocycles. The Morgan fingerprint density at radius 2 is 1.39 bits per heavy atom. The Morgan fingerprint density at radius 3 is 2.11 bits per heavy atom.